The van der Waals surface area contributed by atoms with Gasteiger partial charge in [0.05, 0.1) is 24.3 Å². The van der Waals surface area contributed by atoms with Crippen LogP contribution in [0, 0.1) is 0 Å². The molecule has 1 aliphatic rings. The molecule has 1 heterocycles. The van der Waals surface area contributed by atoms with Gasteiger partial charge in [-0.3, -0.25) is 0 Å². The van der Waals surface area contributed by atoms with E-state index < -0.39 is 5.79 Å². The second kappa shape index (κ2) is 11.3. The average molecular weight is 463 g/mol. The van der Waals surface area contributed by atoms with E-state index in [1.54, 1.807) is 14.2 Å². The Morgan fingerprint density at radius 3 is 2.36 bits per heavy atom. The summed E-state index contributed by atoms with van der Waals surface area (Å²) >= 11 is 3.67. The first kappa shape index (κ1) is 23.4. The summed E-state index contributed by atoms with van der Waals surface area (Å²) in [5.41, 5.74) is 2.19. The Morgan fingerprint density at radius 2 is 1.79 bits per heavy atom. The molecule has 1 aromatic rings. The molecular formula is C20H31BrO7. The van der Waals surface area contributed by atoms with Crippen LogP contribution in [0.25, 0.3) is 0 Å². The highest BCUT2D eigenvalue weighted by Crippen LogP contribution is 2.38. The van der Waals surface area contributed by atoms with Crippen molar-refractivity contribution < 1.29 is 33.2 Å². The maximum atomic E-state index is 5.85. The van der Waals surface area contributed by atoms with Crippen LogP contribution in [0.4, 0.5) is 0 Å². The monoisotopic (exact) mass is 462 g/mol. The molecule has 1 atom stereocenters. The van der Waals surface area contributed by atoms with Crippen LogP contribution in [-0.4, -0.2) is 59.5 Å². The first-order chi connectivity index (χ1) is 13.4. The molecule has 0 aromatic heterocycles. The Morgan fingerprint density at radius 1 is 1.11 bits per heavy atom. The fraction of sp³-hybridized carbons (Fsp3) is 0.700. The predicted octanol–water partition coefficient (Wildman–Crippen LogP) is 3.69. The minimum atomic E-state index is -0.535. The summed E-state index contributed by atoms with van der Waals surface area (Å²) in [4.78, 5) is 0. The largest absolute Gasteiger partial charge is 0.467 e. The van der Waals surface area contributed by atoms with E-state index in [2.05, 4.69) is 22.9 Å². The van der Waals surface area contributed by atoms with Gasteiger partial charge in [-0.15, -0.1) is 0 Å². The molecule has 1 fully saturated rings. The Bertz CT molecular complexity index is 621. The van der Waals surface area contributed by atoms with Crippen LogP contribution >= 0.6 is 15.9 Å². The number of hydrogen-bond donors (Lipinski definition) is 0. The van der Waals surface area contributed by atoms with Gasteiger partial charge >= 0.3 is 0 Å². The Kier molecular flexibility index (Phi) is 9.46. The van der Waals surface area contributed by atoms with Crippen LogP contribution < -0.4 is 9.47 Å². The molecule has 0 bridgehead atoms. The third-order valence-electron chi connectivity index (χ3n) is 4.29. The Labute approximate surface area is 175 Å². The molecule has 28 heavy (non-hydrogen) atoms. The van der Waals surface area contributed by atoms with Crippen molar-refractivity contribution in [1.82, 2.24) is 0 Å². The summed E-state index contributed by atoms with van der Waals surface area (Å²) in [6.45, 7) is 7.81. The van der Waals surface area contributed by atoms with Crippen molar-refractivity contribution in [2.75, 3.05) is 47.6 Å². The summed E-state index contributed by atoms with van der Waals surface area (Å²) in [6, 6.07) is 1.86. The standard InChI is InChI=1S/C20H31BrO7/c1-6-15-16(7-8-24-10-14-11-27-20(2,3)28-14)19(21)18(26-13-23-5)9-17(15)25-12-22-4/h9,14H,6-8,10-13H2,1-5H3. The van der Waals surface area contributed by atoms with Crippen LogP contribution in [0.1, 0.15) is 31.9 Å². The lowest BCUT2D eigenvalue weighted by Crippen LogP contribution is -2.24. The van der Waals surface area contributed by atoms with Crippen molar-refractivity contribution in [2.45, 2.75) is 45.5 Å². The molecule has 1 aliphatic heterocycles. The van der Waals surface area contributed by atoms with Crippen LogP contribution in [0.5, 0.6) is 11.5 Å². The topological polar surface area (TPSA) is 64.6 Å². The molecule has 0 N–H and O–H groups in total. The lowest BCUT2D eigenvalue weighted by Gasteiger charge is -2.20. The summed E-state index contributed by atoms with van der Waals surface area (Å²) in [6.07, 6.45) is 1.47. The number of halogens is 1. The van der Waals surface area contributed by atoms with Crippen molar-refractivity contribution in [1.29, 1.82) is 0 Å². The molecule has 2 rings (SSSR count). The molecule has 0 amide bonds. The van der Waals surface area contributed by atoms with Crippen molar-refractivity contribution in [2.24, 2.45) is 0 Å². The summed E-state index contributed by atoms with van der Waals surface area (Å²) in [7, 11) is 3.18. The smallest absolute Gasteiger partial charge is 0.188 e. The van der Waals surface area contributed by atoms with Gasteiger partial charge in [0.1, 0.15) is 17.6 Å². The maximum absolute atomic E-state index is 5.85. The first-order valence-corrected chi connectivity index (χ1v) is 10.2. The number of hydrogen-bond acceptors (Lipinski definition) is 7. The average Bonchev–Trinajstić information content (AvgIpc) is 3.02. The van der Waals surface area contributed by atoms with Crippen LogP contribution in [0.2, 0.25) is 0 Å². The lowest BCUT2D eigenvalue weighted by molar-refractivity contribution is -0.144. The van der Waals surface area contributed by atoms with E-state index in [9.17, 15) is 0 Å². The van der Waals surface area contributed by atoms with Crippen molar-refractivity contribution in [3.63, 3.8) is 0 Å². The zero-order valence-electron chi connectivity index (χ0n) is 17.3. The van der Waals surface area contributed by atoms with E-state index in [0.717, 1.165) is 27.8 Å². The minimum absolute atomic E-state index is 0.0407. The molecule has 0 aliphatic carbocycles. The Hall–Kier alpha value is -0.900. The van der Waals surface area contributed by atoms with Gasteiger partial charge in [-0.25, -0.2) is 0 Å². The van der Waals surface area contributed by atoms with E-state index in [0.29, 0.717) is 32.0 Å². The van der Waals surface area contributed by atoms with Crippen molar-refractivity contribution >= 4 is 15.9 Å². The van der Waals surface area contributed by atoms with E-state index in [1.165, 1.54) is 0 Å². The fourth-order valence-corrected chi connectivity index (χ4v) is 3.73. The molecule has 1 saturated heterocycles. The molecule has 1 unspecified atom stereocenters. The molecule has 0 saturated carbocycles. The van der Waals surface area contributed by atoms with Crippen LogP contribution in [-0.2, 0) is 36.5 Å². The lowest BCUT2D eigenvalue weighted by atomic mass is 10.0. The van der Waals surface area contributed by atoms with Gasteiger partial charge < -0.3 is 33.2 Å². The SMILES string of the molecule is CCc1c(OCOC)cc(OCOC)c(Br)c1CCOCC1COC(C)(C)O1. The second-order valence-electron chi connectivity index (χ2n) is 6.87. The Balaban J connectivity index is 2.06. The van der Waals surface area contributed by atoms with E-state index in [1.807, 2.05) is 19.9 Å². The van der Waals surface area contributed by atoms with E-state index in [-0.39, 0.29) is 19.7 Å². The number of rotatable bonds is 12. The molecule has 1 aromatic carbocycles. The van der Waals surface area contributed by atoms with Gasteiger partial charge in [-0.05, 0) is 53.7 Å². The van der Waals surface area contributed by atoms with Gasteiger partial charge in [0.25, 0.3) is 0 Å². The molecule has 0 spiro atoms. The van der Waals surface area contributed by atoms with Gasteiger partial charge in [-0.2, -0.15) is 0 Å². The highest BCUT2D eigenvalue weighted by Gasteiger charge is 2.32. The summed E-state index contributed by atoms with van der Waals surface area (Å²) in [5, 5.41) is 0. The predicted molar refractivity (Wildman–Crippen MR) is 108 cm³/mol. The summed E-state index contributed by atoms with van der Waals surface area (Å²) < 4.78 is 39.6. The molecule has 0 radical (unpaired) electrons. The highest BCUT2D eigenvalue weighted by atomic mass is 79.9. The van der Waals surface area contributed by atoms with Crippen LogP contribution in [0.3, 0.4) is 0 Å². The second-order valence-corrected chi connectivity index (χ2v) is 7.67. The fourth-order valence-electron chi connectivity index (χ4n) is 3.06. The zero-order chi connectivity index (χ0) is 20.6. The molecule has 160 valence electrons. The van der Waals surface area contributed by atoms with Gasteiger partial charge in [0.2, 0.25) is 0 Å². The normalized spacial score (nSPS) is 18.4. The zero-order valence-corrected chi connectivity index (χ0v) is 18.9. The van der Waals surface area contributed by atoms with Gasteiger partial charge in [-0.1, -0.05) is 6.92 Å². The number of ether oxygens (including phenoxy) is 7. The quantitative estimate of drug-likeness (QED) is 0.346. The van der Waals surface area contributed by atoms with E-state index in [4.69, 9.17) is 33.2 Å². The molecular weight excluding hydrogens is 432 g/mol. The van der Waals surface area contributed by atoms with Gasteiger partial charge in [0.15, 0.2) is 19.4 Å². The highest BCUT2D eigenvalue weighted by molar-refractivity contribution is 9.10. The molecule has 7 nitrogen and oxygen atoms in total. The number of methoxy groups -OCH3 is 2. The maximum Gasteiger partial charge on any atom is 0.188 e. The summed E-state index contributed by atoms with van der Waals surface area (Å²) in [5.74, 6) is 0.866. The molecule has 8 heteroatoms. The first-order valence-electron chi connectivity index (χ1n) is 9.39. The number of benzene rings is 1. The minimum Gasteiger partial charge on any atom is -0.467 e. The third kappa shape index (κ3) is 6.57. The van der Waals surface area contributed by atoms with Gasteiger partial charge in [0, 0.05) is 20.3 Å². The van der Waals surface area contributed by atoms with Crippen molar-refractivity contribution in [3.8, 4) is 11.5 Å². The van der Waals surface area contributed by atoms with Crippen molar-refractivity contribution in [3.05, 3.63) is 21.7 Å². The third-order valence-corrected chi connectivity index (χ3v) is 5.16. The van der Waals surface area contributed by atoms with E-state index >= 15 is 0 Å². The van der Waals surface area contributed by atoms with Crippen LogP contribution in [0.15, 0.2) is 10.5 Å².